The topological polar surface area (TPSA) is 15.3 Å². The quantitative estimate of drug-likeness (QED) is 0.477. The van der Waals surface area contributed by atoms with Crippen LogP contribution in [0.5, 0.6) is 0 Å². The molecule has 2 nitrogen and oxygen atoms in total. The molecule has 0 heterocycles. The van der Waals surface area contributed by atoms with Crippen molar-refractivity contribution in [3.05, 3.63) is 26.2 Å². The molecule has 1 N–H and O–H groups in total. The summed E-state index contributed by atoms with van der Waals surface area (Å²) in [7, 11) is 1.99. The smallest absolute Gasteiger partial charge is 0.173 e. The van der Waals surface area contributed by atoms with Crippen molar-refractivity contribution in [3.63, 3.8) is 0 Å². The standard InChI is InChI=1S/C14H16Cl4N2S/c1-20(8-5-3-2-4-6-8)14(21)19-13-11(17)9(15)7-10(16)12(13)18/h7-8H,2-6H2,1H3,(H,19,21). The van der Waals surface area contributed by atoms with Crippen LogP contribution in [0, 0.1) is 0 Å². The van der Waals surface area contributed by atoms with E-state index in [0.717, 1.165) is 12.8 Å². The van der Waals surface area contributed by atoms with Gasteiger partial charge in [-0.05, 0) is 31.1 Å². The number of anilines is 1. The molecule has 0 atom stereocenters. The van der Waals surface area contributed by atoms with Gasteiger partial charge in [-0.3, -0.25) is 0 Å². The van der Waals surface area contributed by atoms with Gasteiger partial charge in [0, 0.05) is 13.1 Å². The number of benzene rings is 1. The van der Waals surface area contributed by atoms with Crippen molar-refractivity contribution in [2.75, 3.05) is 12.4 Å². The molecule has 1 aliphatic carbocycles. The maximum absolute atomic E-state index is 6.19. The summed E-state index contributed by atoms with van der Waals surface area (Å²) in [6, 6.07) is 1.97. The lowest BCUT2D eigenvalue weighted by molar-refractivity contribution is 0.281. The summed E-state index contributed by atoms with van der Waals surface area (Å²) in [6.07, 6.45) is 6.07. The van der Waals surface area contributed by atoms with Gasteiger partial charge in [0.2, 0.25) is 0 Å². The number of nitrogens with one attached hydrogen (secondary N) is 1. The zero-order valence-electron chi connectivity index (χ0n) is 11.6. The Morgan fingerprint density at radius 1 is 1.10 bits per heavy atom. The third-order valence-electron chi connectivity index (χ3n) is 3.79. The minimum absolute atomic E-state index is 0.325. The van der Waals surface area contributed by atoms with Crippen molar-refractivity contribution in [1.82, 2.24) is 4.90 Å². The van der Waals surface area contributed by atoms with E-state index >= 15 is 0 Å². The van der Waals surface area contributed by atoms with E-state index < -0.39 is 0 Å². The second-order valence-corrected chi connectivity index (χ2v) is 7.13. The number of hydrogen-bond donors (Lipinski definition) is 1. The summed E-state index contributed by atoms with van der Waals surface area (Å²) in [5.41, 5.74) is 0.462. The molecule has 0 aliphatic heterocycles. The molecule has 2 rings (SSSR count). The Bertz CT molecular complexity index is 518. The predicted octanol–water partition coefficient (Wildman–Crippen LogP) is 6.26. The minimum atomic E-state index is 0.325. The molecule has 0 amide bonds. The molecule has 0 aromatic heterocycles. The molecule has 1 aromatic carbocycles. The minimum Gasteiger partial charge on any atom is -0.349 e. The fourth-order valence-corrected chi connectivity index (χ4v) is 3.67. The highest BCUT2D eigenvalue weighted by Gasteiger charge is 2.22. The molecule has 1 saturated carbocycles. The van der Waals surface area contributed by atoms with Gasteiger partial charge >= 0.3 is 0 Å². The van der Waals surface area contributed by atoms with Crippen LogP contribution in [0.15, 0.2) is 6.07 Å². The van der Waals surface area contributed by atoms with Gasteiger partial charge in [0.15, 0.2) is 5.11 Å². The second-order valence-electron chi connectivity index (χ2n) is 5.18. The number of nitrogens with zero attached hydrogens (tertiary/aromatic N) is 1. The third-order valence-corrected chi connectivity index (χ3v) is 5.75. The molecule has 0 unspecified atom stereocenters. The molecule has 0 spiro atoms. The number of rotatable bonds is 2. The predicted molar refractivity (Wildman–Crippen MR) is 97.3 cm³/mol. The van der Waals surface area contributed by atoms with Crippen molar-refractivity contribution in [2.24, 2.45) is 0 Å². The summed E-state index contributed by atoms with van der Waals surface area (Å²) >= 11 is 29.9. The highest BCUT2D eigenvalue weighted by molar-refractivity contribution is 7.80. The first kappa shape index (κ1) is 17.4. The first-order valence-electron chi connectivity index (χ1n) is 6.78. The summed E-state index contributed by atoms with van der Waals surface area (Å²) < 4.78 is 0. The van der Waals surface area contributed by atoms with Crippen molar-refractivity contribution in [1.29, 1.82) is 0 Å². The Balaban J connectivity index is 2.16. The van der Waals surface area contributed by atoms with E-state index in [0.29, 0.717) is 36.9 Å². The summed E-state index contributed by atoms with van der Waals surface area (Å²) in [4.78, 5) is 2.07. The number of thiocarbonyl (C=S) groups is 1. The second kappa shape index (κ2) is 7.56. The normalized spacial score (nSPS) is 15.9. The van der Waals surface area contributed by atoms with Crippen LogP contribution in [-0.4, -0.2) is 23.1 Å². The van der Waals surface area contributed by atoms with E-state index in [1.807, 2.05) is 7.05 Å². The van der Waals surface area contributed by atoms with Crippen LogP contribution in [0.1, 0.15) is 32.1 Å². The van der Waals surface area contributed by atoms with Gasteiger partial charge in [-0.15, -0.1) is 0 Å². The van der Waals surface area contributed by atoms with E-state index in [1.165, 1.54) is 25.3 Å². The van der Waals surface area contributed by atoms with Crippen molar-refractivity contribution < 1.29 is 0 Å². The fourth-order valence-electron chi connectivity index (χ4n) is 2.51. The van der Waals surface area contributed by atoms with E-state index in [1.54, 1.807) is 0 Å². The largest absolute Gasteiger partial charge is 0.349 e. The van der Waals surface area contributed by atoms with Gasteiger partial charge in [0.25, 0.3) is 0 Å². The highest BCUT2D eigenvalue weighted by atomic mass is 35.5. The lowest BCUT2D eigenvalue weighted by Gasteiger charge is -2.33. The van der Waals surface area contributed by atoms with Gasteiger partial charge in [0.1, 0.15) is 0 Å². The average Bonchev–Trinajstić information content (AvgIpc) is 2.49. The molecule has 0 saturated heterocycles. The summed E-state index contributed by atoms with van der Waals surface area (Å²) in [5.74, 6) is 0. The van der Waals surface area contributed by atoms with Gasteiger partial charge in [-0.1, -0.05) is 65.7 Å². The van der Waals surface area contributed by atoms with Crippen LogP contribution >= 0.6 is 58.6 Å². The Morgan fingerprint density at radius 3 is 2.14 bits per heavy atom. The van der Waals surface area contributed by atoms with E-state index in [9.17, 15) is 0 Å². The Labute approximate surface area is 150 Å². The fraction of sp³-hybridized carbons (Fsp3) is 0.500. The number of halogens is 4. The SMILES string of the molecule is CN(C(=S)Nc1c(Cl)c(Cl)cc(Cl)c1Cl)C1CCCCC1. The molecule has 21 heavy (non-hydrogen) atoms. The van der Waals surface area contributed by atoms with Crippen LogP contribution in [0.2, 0.25) is 20.1 Å². The maximum atomic E-state index is 6.19. The van der Waals surface area contributed by atoms with Crippen LogP contribution < -0.4 is 5.32 Å². The lowest BCUT2D eigenvalue weighted by atomic mass is 9.95. The molecule has 7 heteroatoms. The molecule has 0 bridgehead atoms. The lowest BCUT2D eigenvalue weighted by Crippen LogP contribution is -2.40. The van der Waals surface area contributed by atoms with Gasteiger partial charge in [-0.2, -0.15) is 0 Å². The molecule has 1 aliphatic rings. The molecule has 1 fully saturated rings. The van der Waals surface area contributed by atoms with Gasteiger partial charge in [0.05, 0.1) is 25.8 Å². The first-order valence-corrected chi connectivity index (χ1v) is 8.70. The third kappa shape index (κ3) is 4.08. The van der Waals surface area contributed by atoms with Gasteiger partial charge in [-0.25, -0.2) is 0 Å². The van der Waals surface area contributed by atoms with Crippen LogP contribution in [-0.2, 0) is 0 Å². The zero-order valence-corrected chi connectivity index (χ0v) is 15.4. The molecular weight excluding hydrogens is 370 g/mol. The monoisotopic (exact) mass is 384 g/mol. The van der Waals surface area contributed by atoms with Crippen LogP contribution in [0.4, 0.5) is 5.69 Å². The highest BCUT2D eigenvalue weighted by Crippen LogP contribution is 2.41. The van der Waals surface area contributed by atoms with Gasteiger partial charge < -0.3 is 10.2 Å². The van der Waals surface area contributed by atoms with Crippen LogP contribution in [0.25, 0.3) is 0 Å². The summed E-state index contributed by atoms with van der Waals surface area (Å²) in [6.45, 7) is 0. The van der Waals surface area contributed by atoms with E-state index in [-0.39, 0.29) is 0 Å². The maximum Gasteiger partial charge on any atom is 0.173 e. The zero-order chi connectivity index (χ0) is 15.6. The summed E-state index contributed by atoms with van der Waals surface area (Å²) in [5, 5.41) is 4.99. The Kier molecular flexibility index (Phi) is 6.27. The van der Waals surface area contributed by atoms with Crippen LogP contribution in [0.3, 0.4) is 0 Å². The molecule has 1 aromatic rings. The Hall–Kier alpha value is 0.0700. The molecule has 0 radical (unpaired) electrons. The number of hydrogen-bond acceptors (Lipinski definition) is 1. The molecular formula is C14H16Cl4N2S. The van der Waals surface area contributed by atoms with E-state index in [4.69, 9.17) is 58.6 Å². The van der Waals surface area contributed by atoms with Crippen molar-refractivity contribution >= 4 is 69.4 Å². The van der Waals surface area contributed by atoms with Crippen molar-refractivity contribution in [2.45, 2.75) is 38.1 Å². The molecule has 116 valence electrons. The average molecular weight is 386 g/mol. The Morgan fingerprint density at radius 2 is 1.62 bits per heavy atom. The van der Waals surface area contributed by atoms with E-state index in [2.05, 4.69) is 10.2 Å². The first-order chi connectivity index (χ1) is 9.91. The van der Waals surface area contributed by atoms with Crippen molar-refractivity contribution in [3.8, 4) is 0 Å².